The van der Waals surface area contributed by atoms with Gasteiger partial charge in [0.1, 0.15) is 0 Å². The van der Waals surface area contributed by atoms with E-state index in [4.69, 9.17) is 4.74 Å². The molecule has 0 aliphatic heterocycles. The van der Waals surface area contributed by atoms with Crippen molar-refractivity contribution in [3.8, 4) is 0 Å². The lowest BCUT2D eigenvalue weighted by Gasteiger charge is -2.16. The molecule has 0 aromatic heterocycles. The number of hydrogen-bond donors (Lipinski definition) is 0. The summed E-state index contributed by atoms with van der Waals surface area (Å²) in [6, 6.07) is 0. The third-order valence-corrected chi connectivity index (χ3v) is 3.64. The van der Waals surface area contributed by atoms with Crippen molar-refractivity contribution in [2.24, 2.45) is 0 Å². The Balaban J connectivity index is 4.08. The van der Waals surface area contributed by atoms with Gasteiger partial charge in [0.2, 0.25) is 6.29 Å². The van der Waals surface area contributed by atoms with Gasteiger partial charge >= 0.3 is 0 Å². The summed E-state index contributed by atoms with van der Waals surface area (Å²) in [5, 5.41) is 12.1. The van der Waals surface area contributed by atoms with Crippen LogP contribution in [0.3, 0.4) is 0 Å². The number of rotatable bonds is 13. The SMILES string of the molecule is CCCCCC=CC(C)OC([O])C(=CCCCCC)CC. The number of allylic oxidation sites excluding steroid dienone is 2. The highest BCUT2D eigenvalue weighted by molar-refractivity contribution is 5.04. The Labute approximate surface area is 132 Å². The van der Waals surface area contributed by atoms with Gasteiger partial charge in [0.05, 0.1) is 6.10 Å². The van der Waals surface area contributed by atoms with Gasteiger partial charge in [-0.05, 0) is 44.6 Å². The molecule has 0 fully saturated rings. The highest BCUT2D eigenvalue weighted by atomic mass is 16.6. The average molecular weight is 295 g/mol. The summed E-state index contributed by atoms with van der Waals surface area (Å²) in [6.07, 6.45) is 15.4. The summed E-state index contributed by atoms with van der Waals surface area (Å²) in [6.45, 7) is 8.38. The Morgan fingerprint density at radius 2 is 1.62 bits per heavy atom. The largest absolute Gasteiger partial charge is 0.339 e. The Hall–Kier alpha value is -0.600. The van der Waals surface area contributed by atoms with Gasteiger partial charge in [0.25, 0.3) is 0 Å². The van der Waals surface area contributed by atoms with E-state index in [0.29, 0.717) is 0 Å². The highest BCUT2D eigenvalue weighted by Crippen LogP contribution is 2.15. The maximum absolute atomic E-state index is 12.1. The van der Waals surface area contributed by atoms with Gasteiger partial charge in [-0.1, -0.05) is 64.7 Å². The summed E-state index contributed by atoms with van der Waals surface area (Å²) >= 11 is 0. The third-order valence-electron chi connectivity index (χ3n) is 3.64. The van der Waals surface area contributed by atoms with Crippen LogP contribution in [0.5, 0.6) is 0 Å². The molecule has 0 aliphatic carbocycles. The molecule has 0 aromatic carbocycles. The smallest absolute Gasteiger partial charge is 0.214 e. The van der Waals surface area contributed by atoms with Crippen LogP contribution >= 0.6 is 0 Å². The first-order chi connectivity index (χ1) is 10.2. The predicted octanol–water partition coefficient (Wildman–Crippen LogP) is 6.20. The van der Waals surface area contributed by atoms with Crippen LogP contribution in [-0.4, -0.2) is 12.4 Å². The summed E-state index contributed by atoms with van der Waals surface area (Å²) in [4.78, 5) is 0. The molecule has 21 heavy (non-hydrogen) atoms. The fraction of sp³-hybridized carbons (Fsp3) is 0.789. The average Bonchev–Trinajstić information content (AvgIpc) is 2.47. The fourth-order valence-corrected chi connectivity index (χ4v) is 2.22. The standard InChI is InChI=1S/C19H35O2/c1-5-8-10-12-13-15-17(4)21-19(20)18(7-3)16-14-11-9-6-2/h13,15-17,19H,5-12,14H2,1-4H3. The van der Waals surface area contributed by atoms with E-state index in [0.717, 1.165) is 24.8 Å². The van der Waals surface area contributed by atoms with E-state index in [1.54, 1.807) is 0 Å². The van der Waals surface area contributed by atoms with Crippen LogP contribution in [0.15, 0.2) is 23.8 Å². The lowest BCUT2D eigenvalue weighted by molar-refractivity contribution is -0.131. The van der Waals surface area contributed by atoms with Gasteiger partial charge in [-0.25, -0.2) is 0 Å². The van der Waals surface area contributed by atoms with E-state index in [1.807, 2.05) is 19.9 Å². The van der Waals surface area contributed by atoms with Crippen molar-refractivity contribution in [3.05, 3.63) is 23.8 Å². The Bertz CT molecular complexity index is 281. The summed E-state index contributed by atoms with van der Waals surface area (Å²) in [7, 11) is 0. The van der Waals surface area contributed by atoms with Gasteiger partial charge in [0.15, 0.2) is 0 Å². The molecule has 0 aliphatic rings. The van der Waals surface area contributed by atoms with Crippen LogP contribution in [0.1, 0.15) is 85.5 Å². The Morgan fingerprint density at radius 3 is 2.19 bits per heavy atom. The second-order valence-electron chi connectivity index (χ2n) is 5.73. The molecule has 2 unspecified atom stereocenters. The van der Waals surface area contributed by atoms with Gasteiger partial charge in [-0.3, -0.25) is 0 Å². The molecule has 0 bridgehead atoms. The zero-order chi connectivity index (χ0) is 15.9. The molecule has 0 spiro atoms. The molecule has 2 nitrogen and oxygen atoms in total. The Kier molecular flexibility index (Phi) is 13.9. The molecule has 123 valence electrons. The molecule has 2 heteroatoms. The molecular formula is C19H35O2. The quantitative estimate of drug-likeness (QED) is 0.226. The number of ether oxygens (including phenoxy) is 1. The predicted molar refractivity (Wildman–Crippen MR) is 90.8 cm³/mol. The molecule has 0 saturated heterocycles. The topological polar surface area (TPSA) is 29.1 Å². The van der Waals surface area contributed by atoms with Crippen molar-refractivity contribution >= 4 is 0 Å². The van der Waals surface area contributed by atoms with E-state index < -0.39 is 6.29 Å². The second kappa shape index (κ2) is 14.3. The van der Waals surface area contributed by atoms with Crippen molar-refractivity contribution in [2.45, 2.75) is 97.9 Å². The lowest BCUT2D eigenvalue weighted by atomic mass is 10.1. The molecule has 1 radical (unpaired) electrons. The summed E-state index contributed by atoms with van der Waals surface area (Å²) < 4.78 is 5.56. The second-order valence-corrected chi connectivity index (χ2v) is 5.73. The first kappa shape index (κ1) is 20.4. The summed E-state index contributed by atoms with van der Waals surface area (Å²) in [5.41, 5.74) is 0.900. The van der Waals surface area contributed by atoms with Crippen molar-refractivity contribution in [2.75, 3.05) is 0 Å². The van der Waals surface area contributed by atoms with Gasteiger partial charge < -0.3 is 4.74 Å². The normalized spacial score (nSPS) is 15.6. The maximum atomic E-state index is 12.1. The van der Waals surface area contributed by atoms with Crippen LogP contribution in [0, 0.1) is 0 Å². The Morgan fingerprint density at radius 1 is 1.00 bits per heavy atom. The minimum atomic E-state index is -1.01. The van der Waals surface area contributed by atoms with E-state index in [9.17, 15) is 5.11 Å². The molecule has 0 amide bonds. The zero-order valence-corrected chi connectivity index (χ0v) is 14.6. The summed E-state index contributed by atoms with van der Waals surface area (Å²) in [5.74, 6) is 0. The maximum Gasteiger partial charge on any atom is 0.214 e. The number of unbranched alkanes of at least 4 members (excludes halogenated alkanes) is 6. The van der Waals surface area contributed by atoms with Crippen LogP contribution < -0.4 is 0 Å². The van der Waals surface area contributed by atoms with Gasteiger partial charge in [-0.2, -0.15) is 5.11 Å². The highest BCUT2D eigenvalue weighted by Gasteiger charge is 2.13. The van der Waals surface area contributed by atoms with E-state index >= 15 is 0 Å². The fourth-order valence-electron chi connectivity index (χ4n) is 2.22. The monoisotopic (exact) mass is 295 g/mol. The molecule has 2 atom stereocenters. The molecule has 0 saturated carbocycles. The minimum absolute atomic E-state index is 0.0975. The molecule has 0 rings (SSSR count). The lowest BCUT2D eigenvalue weighted by Crippen LogP contribution is -2.19. The minimum Gasteiger partial charge on any atom is -0.339 e. The van der Waals surface area contributed by atoms with E-state index in [1.165, 1.54) is 38.5 Å². The van der Waals surface area contributed by atoms with Crippen molar-refractivity contribution in [1.82, 2.24) is 0 Å². The van der Waals surface area contributed by atoms with Crippen molar-refractivity contribution in [3.63, 3.8) is 0 Å². The number of hydrogen-bond acceptors (Lipinski definition) is 1. The first-order valence-electron chi connectivity index (χ1n) is 8.82. The molecule has 0 aromatic rings. The van der Waals surface area contributed by atoms with Crippen LogP contribution in [-0.2, 0) is 9.84 Å². The van der Waals surface area contributed by atoms with Crippen LogP contribution in [0.25, 0.3) is 0 Å². The van der Waals surface area contributed by atoms with Crippen molar-refractivity contribution < 1.29 is 9.84 Å². The third kappa shape index (κ3) is 11.7. The zero-order valence-electron chi connectivity index (χ0n) is 14.6. The van der Waals surface area contributed by atoms with E-state index in [-0.39, 0.29) is 6.10 Å². The molecule has 0 N–H and O–H groups in total. The first-order valence-corrected chi connectivity index (χ1v) is 8.82. The van der Waals surface area contributed by atoms with Gasteiger partial charge in [-0.15, -0.1) is 0 Å². The van der Waals surface area contributed by atoms with E-state index in [2.05, 4.69) is 26.0 Å². The van der Waals surface area contributed by atoms with Crippen molar-refractivity contribution in [1.29, 1.82) is 0 Å². The molecular weight excluding hydrogens is 260 g/mol. The molecule has 0 heterocycles. The van der Waals surface area contributed by atoms with Crippen LogP contribution in [0.2, 0.25) is 0 Å². The van der Waals surface area contributed by atoms with Gasteiger partial charge in [0, 0.05) is 0 Å². The van der Waals surface area contributed by atoms with Crippen LogP contribution in [0.4, 0.5) is 0 Å².